The maximum atomic E-state index is 14.0. The highest BCUT2D eigenvalue weighted by molar-refractivity contribution is 6.02. The van der Waals surface area contributed by atoms with E-state index in [9.17, 15) is 9.18 Å². The minimum Gasteiger partial charge on any atom is -0.493 e. The first-order chi connectivity index (χ1) is 13.1. The summed E-state index contributed by atoms with van der Waals surface area (Å²) < 4.78 is 25.7. The van der Waals surface area contributed by atoms with Gasteiger partial charge in [-0.15, -0.1) is 5.10 Å². The SMILES string of the molecule is COc1ccc(C=CC(=O)Nc2cc(-n3cnnn3)ccc2F)cc1OC. The molecule has 0 spiro atoms. The predicted molar refractivity (Wildman–Crippen MR) is 96.3 cm³/mol. The third kappa shape index (κ3) is 4.27. The van der Waals surface area contributed by atoms with Gasteiger partial charge in [0, 0.05) is 6.08 Å². The normalized spacial score (nSPS) is 10.8. The van der Waals surface area contributed by atoms with E-state index < -0.39 is 11.7 Å². The maximum Gasteiger partial charge on any atom is 0.248 e. The Hall–Kier alpha value is -3.75. The Morgan fingerprint density at radius 2 is 1.96 bits per heavy atom. The molecule has 1 aromatic heterocycles. The number of carbonyl (C=O) groups is 1. The summed E-state index contributed by atoms with van der Waals surface area (Å²) in [5.41, 5.74) is 1.26. The van der Waals surface area contributed by atoms with Crippen molar-refractivity contribution in [3.8, 4) is 17.2 Å². The van der Waals surface area contributed by atoms with Crippen molar-refractivity contribution >= 4 is 17.7 Å². The summed E-state index contributed by atoms with van der Waals surface area (Å²) in [4.78, 5) is 12.1. The van der Waals surface area contributed by atoms with E-state index >= 15 is 0 Å². The molecule has 3 rings (SSSR count). The standard InChI is InChI=1S/C18H16FN5O3/c1-26-16-7-3-12(9-17(16)27-2)4-8-18(25)21-15-10-13(5-6-14(15)19)24-11-20-22-23-24/h3-11H,1-2H3,(H,21,25). The molecule has 0 aliphatic carbocycles. The van der Waals surface area contributed by atoms with Gasteiger partial charge in [-0.3, -0.25) is 4.79 Å². The second kappa shape index (κ2) is 8.09. The number of benzene rings is 2. The Kier molecular flexibility index (Phi) is 5.41. The number of halogens is 1. The Labute approximate surface area is 154 Å². The molecule has 0 atom stereocenters. The number of amides is 1. The monoisotopic (exact) mass is 369 g/mol. The zero-order chi connectivity index (χ0) is 19.2. The molecule has 3 aromatic rings. The van der Waals surface area contributed by atoms with Crippen LogP contribution in [0.15, 0.2) is 48.8 Å². The predicted octanol–water partition coefficient (Wildman–Crippen LogP) is 2.47. The van der Waals surface area contributed by atoms with Crippen LogP contribution in [0.1, 0.15) is 5.56 Å². The van der Waals surface area contributed by atoms with Crippen molar-refractivity contribution in [1.82, 2.24) is 20.2 Å². The lowest BCUT2D eigenvalue weighted by Gasteiger charge is -2.08. The minimum atomic E-state index is -0.570. The number of nitrogens with zero attached hydrogens (tertiary/aromatic N) is 4. The van der Waals surface area contributed by atoms with Crippen LogP contribution in [0.2, 0.25) is 0 Å². The van der Waals surface area contributed by atoms with Gasteiger partial charge in [0.1, 0.15) is 12.1 Å². The van der Waals surface area contributed by atoms with Crippen molar-refractivity contribution in [2.75, 3.05) is 19.5 Å². The first-order valence-electron chi connectivity index (χ1n) is 7.84. The van der Waals surface area contributed by atoms with Crippen LogP contribution in [0.5, 0.6) is 11.5 Å². The molecule has 0 aliphatic heterocycles. The van der Waals surface area contributed by atoms with Crippen LogP contribution in [0.4, 0.5) is 10.1 Å². The Morgan fingerprint density at radius 1 is 1.15 bits per heavy atom. The first-order valence-corrected chi connectivity index (χ1v) is 7.84. The van der Waals surface area contributed by atoms with Crippen LogP contribution in [0.25, 0.3) is 11.8 Å². The highest BCUT2D eigenvalue weighted by Crippen LogP contribution is 2.28. The first kappa shape index (κ1) is 18.1. The van der Waals surface area contributed by atoms with Gasteiger partial charge in [0.2, 0.25) is 5.91 Å². The molecule has 2 aromatic carbocycles. The van der Waals surface area contributed by atoms with Crippen molar-refractivity contribution < 1.29 is 18.7 Å². The number of anilines is 1. The highest BCUT2D eigenvalue weighted by Gasteiger charge is 2.08. The molecule has 0 fully saturated rings. The number of ether oxygens (including phenoxy) is 2. The molecule has 27 heavy (non-hydrogen) atoms. The summed E-state index contributed by atoms with van der Waals surface area (Å²) in [7, 11) is 3.07. The molecule has 0 aliphatic rings. The molecule has 8 nitrogen and oxygen atoms in total. The summed E-state index contributed by atoms with van der Waals surface area (Å²) in [6, 6.07) is 9.39. The third-order valence-electron chi connectivity index (χ3n) is 3.66. The van der Waals surface area contributed by atoms with Gasteiger partial charge < -0.3 is 14.8 Å². The van der Waals surface area contributed by atoms with Gasteiger partial charge in [-0.1, -0.05) is 6.07 Å². The fourth-order valence-electron chi connectivity index (χ4n) is 2.33. The molecular weight excluding hydrogens is 353 g/mol. The molecular formula is C18H16FN5O3. The average molecular weight is 369 g/mol. The Morgan fingerprint density at radius 3 is 2.67 bits per heavy atom. The van der Waals surface area contributed by atoms with Gasteiger partial charge in [-0.05, 0) is 52.4 Å². The van der Waals surface area contributed by atoms with Gasteiger partial charge in [0.25, 0.3) is 0 Å². The number of aromatic nitrogens is 4. The molecule has 0 bridgehead atoms. The summed E-state index contributed by atoms with van der Waals surface area (Å²) in [6.07, 6.45) is 4.25. The van der Waals surface area contributed by atoms with E-state index in [-0.39, 0.29) is 5.69 Å². The molecule has 0 saturated heterocycles. The molecule has 1 heterocycles. The lowest BCUT2D eigenvalue weighted by atomic mass is 10.2. The van der Waals surface area contributed by atoms with Crippen molar-refractivity contribution in [3.05, 3.63) is 60.2 Å². The minimum absolute atomic E-state index is 0.0185. The number of rotatable bonds is 6. The average Bonchev–Trinajstić information content (AvgIpc) is 3.22. The van der Waals surface area contributed by atoms with Crippen molar-refractivity contribution in [3.63, 3.8) is 0 Å². The fraction of sp³-hybridized carbons (Fsp3) is 0.111. The van der Waals surface area contributed by atoms with Gasteiger partial charge >= 0.3 is 0 Å². The lowest BCUT2D eigenvalue weighted by Crippen LogP contribution is -2.10. The van der Waals surface area contributed by atoms with Crippen LogP contribution in [0, 0.1) is 5.82 Å². The molecule has 1 amide bonds. The van der Waals surface area contributed by atoms with Gasteiger partial charge in [0.15, 0.2) is 11.5 Å². The Balaban J connectivity index is 1.74. The fourth-order valence-corrected chi connectivity index (χ4v) is 2.33. The van der Waals surface area contributed by atoms with Gasteiger partial charge in [0.05, 0.1) is 25.6 Å². The number of carbonyl (C=O) groups excluding carboxylic acids is 1. The van der Waals surface area contributed by atoms with E-state index in [1.165, 1.54) is 42.4 Å². The lowest BCUT2D eigenvalue weighted by molar-refractivity contribution is -0.111. The number of nitrogens with one attached hydrogen (secondary N) is 1. The maximum absolute atomic E-state index is 14.0. The van der Waals surface area contributed by atoms with Crippen LogP contribution < -0.4 is 14.8 Å². The van der Waals surface area contributed by atoms with E-state index in [1.54, 1.807) is 31.4 Å². The molecule has 0 saturated carbocycles. The van der Waals surface area contributed by atoms with Crippen molar-refractivity contribution in [2.24, 2.45) is 0 Å². The van der Waals surface area contributed by atoms with Gasteiger partial charge in [-0.25, -0.2) is 9.07 Å². The van der Waals surface area contributed by atoms with E-state index in [2.05, 4.69) is 20.8 Å². The zero-order valence-electron chi connectivity index (χ0n) is 14.6. The summed E-state index contributed by atoms with van der Waals surface area (Å²) in [5, 5.41) is 13.3. The number of hydrogen-bond donors (Lipinski definition) is 1. The van der Waals surface area contributed by atoms with E-state index in [0.717, 1.165) is 5.56 Å². The van der Waals surface area contributed by atoms with Crippen molar-refractivity contribution in [1.29, 1.82) is 0 Å². The molecule has 0 radical (unpaired) electrons. The molecule has 0 unspecified atom stereocenters. The van der Waals surface area contributed by atoms with Gasteiger partial charge in [-0.2, -0.15) is 0 Å². The van der Waals surface area contributed by atoms with E-state index in [0.29, 0.717) is 17.2 Å². The molecule has 9 heteroatoms. The van der Waals surface area contributed by atoms with E-state index in [4.69, 9.17) is 9.47 Å². The second-order valence-electron chi connectivity index (χ2n) is 5.36. The third-order valence-corrected chi connectivity index (χ3v) is 3.66. The van der Waals surface area contributed by atoms with Crippen molar-refractivity contribution in [2.45, 2.75) is 0 Å². The number of tetrazole rings is 1. The molecule has 1 N–H and O–H groups in total. The quantitative estimate of drug-likeness (QED) is 0.671. The summed E-state index contributed by atoms with van der Waals surface area (Å²) in [6.45, 7) is 0. The van der Waals surface area contributed by atoms with Crippen LogP contribution in [-0.2, 0) is 4.79 Å². The summed E-state index contributed by atoms with van der Waals surface area (Å²) in [5.74, 6) is 0.0677. The zero-order valence-corrected chi connectivity index (χ0v) is 14.6. The highest BCUT2D eigenvalue weighted by atomic mass is 19.1. The summed E-state index contributed by atoms with van der Waals surface area (Å²) >= 11 is 0. The smallest absolute Gasteiger partial charge is 0.248 e. The number of hydrogen-bond acceptors (Lipinski definition) is 6. The largest absolute Gasteiger partial charge is 0.493 e. The number of methoxy groups -OCH3 is 2. The van der Waals surface area contributed by atoms with E-state index in [1.807, 2.05) is 0 Å². The van der Waals surface area contributed by atoms with Crippen LogP contribution in [0.3, 0.4) is 0 Å². The van der Waals surface area contributed by atoms with Crippen LogP contribution in [-0.4, -0.2) is 40.3 Å². The molecule has 138 valence electrons. The second-order valence-corrected chi connectivity index (χ2v) is 5.36. The Bertz CT molecular complexity index is 973. The topological polar surface area (TPSA) is 91.2 Å². The van der Waals surface area contributed by atoms with Crippen LogP contribution >= 0.6 is 0 Å².